The molecule has 2 heteroatoms. The quantitative estimate of drug-likeness (QED) is 0.609. The molecule has 1 aliphatic carbocycles. The molecule has 1 aliphatic rings. The van der Waals surface area contributed by atoms with Crippen molar-refractivity contribution in [2.45, 2.75) is 19.3 Å². The van der Waals surface area contributed by atoms with E-state index < -0.39 is 7.14 Å². The maximum absolute atomic E-state index is 13.7. The molecule has 0 N–H and O–H groups in total. The Labute approximate surface area is 120 Å². The van der Waals surface area contributed by atoms with Crippen LogP contribution in [0.25, 0.3) is 0 Å². The Kier molecular flexibility index (Phi) is 3.89. The minimum atomic E-state index is -2.54. The Balaban J connectivity index is 2.05. The lowest BCUT2D eigenvalue weighted by molar-refractivity contribution is 0.588. The number of hydrogen-bond acceptors (Lipinski definition) is 1. The Hall–Kier alpha value is -1.59. The molecule has 0 heterocycles. The SMILES string of the molecule is O=P(CC1=CCCC1)(c1ccccc1)c1ccccc1. The summed E-state index contributed by atoms with van der Waals surface area (Å²) in [5, 5.41) is 1.94. The van der Waals surface area contributed by atoms with Crippen molar-refractivity contribution in [2.24, 2.45) is 0 Å². The van der Waals surface area contributed by atoms with E-state index in [-0.39, 0.29) is 0 Å². The third-order valence-electron chi connectivity index (χ3n) is 3.91. The smallest absolute Gasteiger partial charge is 0.147 e. The van der Waals surface area contributed by atoms with E-state index in [9.17, 15) is 4.57 Å². The molecular formula is C18H19OP. The van der Waals surface area contributed by atoms with Crippen molar-refractivity contribution in [2.75, 3.05) is 6.16 Å². The van der Waals surface area contributed by atoms with Crippen molar-refractivity contribution < 1.29 is 4.57 Å². The first-order valence-corrected chi connectivity index (χ1v) is 9.06. The summed E-state index contributed by atoms with van der Waals surface area (Å²) in [6.07, 6.45) is 6.42. The summed E-state index contributed by atoms with van der Waals surface area (Å²) in [5.41, 5.74) is 1.36. The maximum Gasteiger partial charge on any atom is 0.147 e. The third kappa shape index (κ3) is 2.64. The molecule has 0 fully saturated rings. The van der Waals surface area contributed by atoms with Gasteiger partial charge in [0.05, 0.1) is 0 Å². The van der Waals surface area contributed by atoms with Crippen molar-refractivity contribution in [3.05, 3.63) is 72.3 Å². The van der Waals surface area contributed by atoms with Crippen LogP contribution in [0.4, 0.5) is 0 Å². The van der Waals surface area contributed by atoms with Gasteiger partial charge in [-0.25, -0.2) is 0 Å². The van der Waals surface area contributed by atoms with Crippen LogP contribution in [0, 0.1) is 0 Å². The highest BCUT2D eigenvalue weighted by atomic mass is 31.2. The van der Waals surface area contributed by atoms with E-state index in [0.717, 1.165) is 23.5 Å². The van der Waals surface area contributed by atoms with E-state index in [2.05, 4.69) is 6.08 Å². The lowest BCUT2D eigenvalue weighted by Gasteiger charge is -2.20. The van der Waals surface area contributed by atoms with Crippen LogP contribution in [0.3, 0.4) is 0 Å². The van der Waals surface area contributed by atoms with Gasteiger partial charge in [0.2, 0.25) is 0 Å². The predicted molar refractivity (Wildman–Crippen MR) is 86.6 cm³/mol. The fourth-order valence-corrected chi connectivity index (χ4v) is 5.67. The fraction of sp³-hybridized carbons (Fsp3) is 0.222. The van der Waals surface area contributed by atoms with Gasteiger partial charge >= 0.3 is 0 Å². The van der Waals surface area contributed by atoms with E-state index in [4.69, 9.17) is 0 Å². The van der Waals surface area contributed by atoms with Crippen LogP contribution in [0.1, 0.15) is 19.3 Å². The molecule has 0 saturated carbocycles. The topological polar surface area (TPSA) is 17.1 Å². The maximum atomic E-state index is 13.7. The summed E-state index contributed by atoms with van der Waals surface area (Å²) < 4.78 is 13.7. The molecule has 0 spiro atoms. The lowest BCUT2D eigenvalue weighted by Crippen LogP contribution is -2.19. The van der Waals surface area contributed by atoms with Crippen molar-refractivity contribution in [3.63, 3.8) is 0 Å². The van der Waals surface area contributed by atoms with Gasteiger partial charge in [0.1, 0.15) is 7.14 Å². The fourth-order valence-electron chi connectivity index (χ4n) is 2.84. The van der Waals surface area contributed by atoms with Gasteiger partial charge in [0, 0.05) is 16.8 Å². The molecule has 0 unspecified atom stereocenters. The third-order valence-corrected chi connectivity index (χ3v) is 7.02. The standard InChI is InChI=1S/C18H19OP/c19-20(15-16-9-7-8-10-16,17-11-3-1-4-12-17)18-13-5-2-6-14-18/h1-6,9,11-14H,7-8,10,15H2. The summed E-state index contributed by atoms with van der Waals surface area (Å²) in [4.78, 5) is 0. The zero-order valence-corrected chi connectivity index (χ0v) is 12.4. The molecule has 2 aromatic rings. The minimum Gasteiger partial charge on any atom is -0.313 e. The van der Waals surface area contributed by atoms with Crippen molar-refractivity contribution in [1.82, 2.24) is 0 Å². The lowest BCUT2D eigenvalue weighted by atomic mass is 10.3. The van der Waals surface area contributed by atoms with Crippen LogP contribution in [-0.2, 0) is 4.57 Å². The molecule has 0 atom stereocenters. The molecule has 0 saturated heterocycles. The second-order valence-corrected chi connectivity index (χ2v) is 8.15. The summed E-state index contributed by atoms with van der Waals surface area (Å²) in [6, 6.07) is 19.9. The molecule has 3 rings (SSSR count). The van der Waals surface area contributed by atoms with Gasteiger partial charge in [-0.05, 0) is 19.3 Å². The van der Waals surface area contributed by atoms with E-state index in [1.807, 2.05) is 60.7 Å². The highest BCUT2D eigenvalue weighted by Gasteiger charge is 2.28. The van der Waals surface area contributed by atoms with Crippen LogP contribution >= 0.6 is 7.14 Å². The molecule has 1 nitrogen and oxygen atoms in total. The molecule has 0 aliphatic heterocycles. The van der Waals surface area contributed by atoms with Gasteiger partial charge in [-0.1, -0.05) is 72.3 Å². The molecule has 0 aromatic heterocycles. The second-order valence-electron chi connectivity index (χ2n) is 5.32. The largest absolute Gasteiger partial charge is 0.313 e. The van der Waals surface area contributed by atoms with Crippen molar-refractivity contribution in [3.8, 4) is 0 Å². The molecule has 20 heavy (non-hydrogen) atoms. The predicted octanol–water partition coefficient (Wildman–Crippen LogP) is 4.11. The molecule has 0 bridgehead atoms. The summed E-state index contributed by atoms with van der Waals surface area (Å²) in [6.45, 7) is 0. The van der Waals surface area contributed by atoms with Crippen molar-refractivity contribution >= 4 is 17.8 Å². The summed E-state index contributed by atoms with van der Waals surface area (Å²) in [5.74, 6) is 0. The Morgan fingerprint density at radius 1 is 0.850 bits per heavy atom. The zero-order valence-electron chi connectivity index (χ0n) is 11.5. The zero-order chi connectivity index (χ0) is 13.8. The first-order valence-electron chi connectivity index (χ1n) is 7.17. The normalized spacial score (nSPS) is 15.1. The monoisotopic (exact) mass is 282 g/mol. The van der Waals surface area contributed by atoms with E-state index in [0.29, 0.717) is 6.16 Å². The number of hydrogen-bond donors (Lipinski definition) is 0. The minimum absolute atomic E-state index is 0.695. The van der Waals surface area contributed by atoms with Crippen molar-refractivity contribution in [1.29, 1.82) is 0 Å². The molecular weight excluding hydrogens is 263 g/mol. The van der Waals surface area contributed by atoms with Gasteiger partial charge in [-0.2, -0.15) is 0 Å². The van der Waals surface area contributed by atoms with Gasteiger partial charge in [-0.3, -0.25) is 0 Å². The molecule has 2 aromatic carbocycles. The Morgan fingerprint density at radius 3 is 1.85 bits per heavy atom. The Morgan fingerprint density at radius 2 is 1.40 bits per heavy atom. The number of allylic oxidation sites excluding steroid dienone is 2. The van der Waals surface area contributed by atoms with Crippen LogP contribution < -0.4 is 10.6 Å². The van der Waals surface area contributed by atoms with E-state index in [1.165, 1.54) is 12.0 Å². The molecule has 0 radical (unpaired) electrons. The number of rotatable bonds is 4. The summed E-state index contributed by atoms with van der Waals surface area (Å²) >= 11 is 0. The highest BCUT2D eigenvalue weighted by Crippen LogP contribution is 2.46. The van der Waals surface area contributed by atoms with Crippen LogP contribution in [0.2, 0.25) is 0 Å². The van der Waals surface area contributed by atoms with E-state index in [1.54, 1.807) is 0 Å². The van der Waals surface area contributed by atoms with Gasteiger partial charge in [0.15, 0.2) is 0 Å². The van der Waals surface area contributed by atoms with E-state index >= 15 is 0 Å². The number of benzene rings is 2. The second kappa shape index (κ2) is 5.81. The van der Waals surface area contributed by atoms with Gasteiger partial charge in [0.25, 0.3) is 0 Å². The van der Waals surface area contributed by atoms with Crippen LogP contribution in [0.5, 0.6) is 0 Å². The first-order chi connectivity index (χ1) is 9.79. The molecule has 0 amide bonds. The first kappa shape index (κ1) is 13.4. The van der Waals surface area contributed by atoms with Gasteiger partial charge in [-0.15, -0.1) is 0 Å². The van der Waals surface area contributed by atoms with Gasteiger partial charge < -0.3 is 4.57 Å². The Bertz CT molecular complexity index is 600. The average Bonchev–Trinajstić information content (AvgIpc) is 3.02. The van der Waals surface area contributed by atoms with Crippen LogP contribution in [-0.4, -0.2) is 6.16 Å². The average molecular weight is 282 g/mol. The summed E-state index contributed by atoms with van der Waals surface area (Å²) in [7, 11) is -2.54. The molecule has 102 valence electrons. The van der Waals surface area contributed by atoms with Crippen LogP contribution in [0.15, 0.2) is 72.3 Å². The highest BCUT2D eigenvalue weighted by molar-refractivity contribution is 7.78.